The molecule has 4 heterocycles. The Morgan fingerprint density at radius 1 is 1.17 bits per heavy atom. The summed E-state index contributed by atoms with van der Waals surface area (Å²) in [6, 6.07) is 7.07. The van der Waals surface area contributed by atoms with Gasteiger partial charge in [0.15, 0.2) is 5.82 Å². The van der Waals surface area contributed by atoms with E-state index in [1.807, 2.05) is 30.5 Å². The Balaban J connectivity index is 0.00000182. The molecule has 0 saturated carbocycles. The van der Waals surface area contributed by atoms with E-state index in [0.29, 0.717) is 12.2 Å². The average Bonchev–Trinajstić information content (AvgIpc) is 2.87. The van der Waals surface area contributed by atoms with Gasteiger partial charge in [-0.15, -0.1) is 0 Å². The van der Waals surface area contributed by atoms with Crippen molar-refractivity contribution in [3.05, 3.63) is 88.0 Å². The Morgan fingerprint density at radius 2 is 2.04 bits per heavy atom. The highest BCUT2D eigenvalue weighted by Crippen LogP contribution is 2.29. The highest BCUT2D eigenvalue weighted by molar-refractivity contribution is 6.13. The minimum atomic E-state index is -0.145. The number of allylic oxidation sites excluding steroid dienone is 2. The van der Waals surface area contributed by atoms with Crippen LogP contribution >= 0.6 is 0 Å². The van der Waals surface area contributed by atoms with Crippen molar-refractivity contribution in [2.45, 2.75) is 6.42 Å². The molecule has 2 aliphatic rings. The van der Waals surface area contributed by atoms with E-state index in [0.717, 1.165) is 22.5 Å². The van der Waals surface area contributed by atoms with Gasteiger partial charge in [-0.25, -0.2) is 10.0 Å². The second kappa shape index (κ2) is 5.95. The molecule has 6 nitrogen and oxygen atoms in total. The van der Waals surface area contributed by atoms with Gasteiger partial charge in [-0.2, -0.15) is 5.10 Å². The van der Waals surface area contributed by atoms with E-state index in [-0.39, 0.29) is 6.99 Å². The molecule has 0 amide bonds. The number of aliphatic imine (C=N–C) groups is 1. The van der Waals surface area contributed by atoms with E-state index in [1.54, 1.807) is 29.7 Å². The van der Waals surface area contributed by atoms with Crippen LogP contribution in [0.4, 0.5) is 0 Å². The highest BCUT2D eigenvalue weighted by Gasteiger charge is 2.22. The highest BCUT2D eigenvalue weighted by atomic mass is 16.1. The SMILES string of the molecule is O=c1ccc(C2=NC3=C=CCC=NN3C(c3ccncc3)=C2)c[nH]1.[HH]. The number of pyridine rings is 2. The van der Waals surface area contributed by atoms with Gasteiger partial charge in [-0.3, -0.25) is 9.78 Å². The lowest BCUT2D eigenvalue weighted by Gasteiger charge is -2.25. The molecule has 118 valence electrons. The lowest BCUT2D eigenvalue weighted by Crippen LogP contribution is -2.21. The third-order valence-electron chi connectivity index (χ3n) is 3.64. The predicted octanol–water partition coefficient (Wildman–Crippen LogP) is 2.55. The molecule has 0 bridgehead atoms. The standard InChI is InChI=1S/C18H13N5O.H2/c24-18-5-4-14(12-20-18)15-11-16(13-6-9-19-10-7-13)23-17(22-15)3-1-2-8-21-23;/h1,4-12H,2H2,(H,20,24);1H. The van der Waals surface area contributed by atoms with Gasteiger partial charge in [-0.1, -0.05) is 5.73 Å². The number of nitrogens with zero attached hydrogens (tertiary/aromatic N) is 4. The molecule has 2 aromatic rings. The Labute approximate surface area is 139 Å². The van der Waals surface area contributed by atoms with Crippen molar-refractivity contribution < 1.29 is 1.43 Å². The number of aromatic nitrogens is 2. The van der Waals surface area contributed by atoms with Crippen molar-refractivity contribution >= 4 is 17.6 Å². The molecule has 0 unspecified atom stereocenters. The maximum absolute atomic E-state index is 11.3. The van der Waals surface area contributed by atoms with Crippen LogP contribution in [0.25, 0.3) is 5.70 Å². The quantitative estimate of drug-likeness (QED) is 0.865. The van der Waals surface area contributed by atoms with E-state index in [9.17, 15) is 4.79 Å². The molecule has 0 aromatic carbocycles. The van der Waals surface area contributed by atoms with Crippen LogP contribution in [0, 0.1) is 0 Å². The lowest BCUT2D eigenvalue weighted by molar-refractivity contribution is 0.518. The van der Waals surface area contributed by atoms with Gasteiger partial charge in [0.25, 0.3) is 0 Å². The molecular weight excluding hydrogens is 302 g/mol. The van der Waals surface area contributed by atoms with Gasteiger partial charge in [0.05, 0.1) is 11.4 Å². The van der Waals surface area contributed by atoms with Gasteiger partial charge in [0.2, 0.25) is 5.56 Å². The lowest BCUT2D eigenvalue weighted by atomic mass is 10.1. The first-order chi connectivity index (χ1) is 11.8. The summed E-state index contributed by atoms with van der Waals surface area (Å²) in [5, 5.41) is 6.23. The first-order valence-corrected chi connectivity index (χ1v) is 7.49. The second-order valence-electron chi connectivity index (χ2n) is 5.22. The average molecular weight is 317 g/mol. The van der Waals surface area contributed by atoms with E-state index >= 15 is 0 Å². The topological polar surface area (TPSA) is 73.7 Å². The van der Waals surface area contributed by atoms with Crippen LogP contribution in [0.1, 0.15) is 19.0 Å². The van der Waals surface area contributed by atoms with Crippen LogP contribution in [-0.4, -0.2) is 26.9 Å². The zero-order valence-electron chi connectivity index (χ0n) is 12.7. The molecule has 2 aliphatic heterocycles. The number of nitrogens with one attached hydrogen (secondary N) is 1. The molecule has 6 heteroatoms. The van der Waals surface area contributed by atoms with Crippen LogP contribution in [0.5, 0.6) is 0 Å². The number of rotatable bonds is 2. The van der Waals surface area contributed by atoms with Crippen molar-refractivity contribution in [3.63, 3.8) is 0 Å². The number of fused-ring (bicyclic) bond motifs is 1. The molecule has 24 heavy (non-hydrogen) atoms. The molecule has 4 rings (SSSR count). The molecule has 0 spiro atoms. The third-order valence-corrected chi connectivity index (χ3v) is 3.64. The van der Waals surface area contributed by atoms with Gasteiger partial charge in [0, 0.05) is 49.8 Å². The van der Waals surface area contributed by atoms with E-state index in [4.69, 9.17) is 0 Å². The molecule has 0 radical (unpaired) electrons. The van der Waals surface area contributed by atoms with E-state index in [2.05, 4.69) is 25.8 Å². The van der Waals surface area contributed by atoms with Crippen molar-refractivity contribution in [2.75, 3.05) is 0 Å². The fourth-order valence-corrected chi connectivity index (χ4v) is 2.49. The zero-order valence-corrected chi connectivity index (χ0v) is 12.7. The Hall–Kier alpha value is -3.50. The zero-order chi connectivity index (χ0) is 16.4. The van der Waals surface area contributed by atoms with Crippen LogP contribution in [-0.2, 0) is 0 Å². The fourth-order valence-electron chi connectivity index (χ4n) is 2.49. The van der Waals surface area contributed by atoms with Crippen LogP contribution in [0.2, 0.25) is 0 Å². The Bertz CT molecular complexity index is 977. The minimum absolute atomic E-state index is 0. The fraction of sp³-hybridized carbons (Fsp3) is 0.0556. The monoisotopic (exact) mass is 317 g/mol. The number of H-pyrrole nitrogens is 1. The van der Waals surface area contributed by atoms with Crippen molar-refractivity contribution in [2.24, 2.45) is 10.1 Å². The number of hydrogen-bond acceptors (Lipinski definition) is 5. The smallest absolute Gasteiger partial charge is 0.247 e. The first-order valence-electron chi connectivity index (χ1n) is 7.49. The van der Waals surface area contributed by atoms with Gasteiger partial charge in [0.1, 0.15) is 0 Å². The van der Waals surface area contributed by atoms with Gasteiger partial charge < -0.3 is 4.98 Å². The molecule has 0 aliphatic carbocycles. The Kier molecular flexibility index (Phi) is 3.50. The van der Waals surface area contributed by atoms with Crippen molar-refractivity contribution in [1.82, 2.24) is 15.0 Å². The molecular formula is C18H15N5O. The molecule has 0 atom stereocenters. The first kappa shape index (κ1) is 14.1. The van der Waals surface area contributed by atoms with Crippen LogP contribution in [0.15, 0.2) is 81.4 Å². The van der Waals surface area contributed by atoms with Gasteiger partial charge in [-0.05, 0) is 30.4 Å². The number of aromatic amines is 1. The normalized spacial score (nSPS) is 16.0. The molecule has 2 aromatic heterocycles. The van der Waals surface area contributed by atoms with Crippen LogP contribution < -0.4 is 5.56 Å². The molecule has 0 fully saturated rings. The maximum Gasteiger partial charge on any atom is 0.247 e. The largest absolute Gasteiger partial charge is 0.328 e. The summed E-state index contributed by atoms with van der Waals surface area (Å²) in [5.74, 6) is 0.610. The number of hydrogen-bond donors (Lipinski definition) is 1. The van der Waals surface area contributed by atoms with E-state index in [1.165, 1.54) is 6.07 Å². The predicted molar refractivity (Wildman–Crippen MR) is 94.5 cm³/mol. The second-order valence-corrected chi connectivity index (χ2v) is 5.22. The summed E-state index contributed by atoms with van der Waals surface area (Å²) >= 11 is 0. The third kappa shape index (κ3) is 2.62. The molecule has 1 N–H and O–H groups in total. The van der Waals surface area contributed by atoms with Crippen LogP contribution in [0.3, 0.4) is 0 Å². The number of hydrazone groups is 1. The Morgan fingerprint density at radius 3 is 2.83 bits per heavy atom. The summed E-state index contributed by atoms with van der Waals surface area (Å²) in [4.78, 5) is 22.7. The summed E-state index contributed by atoms with van der Waals surface area (Å²) < 4.78 is 0. The summed E-state index contributed by atoms with van der Waals surface area (Å²) in [6.07, 6.45) is 11.5. The minimum Gasteiger partial charge on any atom is -0.328 e. The van der Waals surface area contributed by atoms with E-state index < -0.39 is 0 Å². The summed E-state index contributed by atoms with van der Waals surface area (Å²) in [7, 11) is 0. The van der Waals surface area contributed by atoms with Crippen molar-refractivity contribution in [3.8, 4) is 0 Å². The molecule has 0 saturated heterocycles. The summed E-state index contributed by atoms with van der Waals surface area (Å²) in [5.41, 5.74) is 6.44. The maximum atomic E-state index is 11.3. The van der Waals surface area contributed by atoms with Gasteiger partial charge >= 0.3 is 0 Å². The summed E-state index contributed by atoms with van der Waals surface area (Å²) in [6.45, 7) is 0. The van der Waals surface area contributed by atoms with Crippen molar-refractivity contribution in [1.29, 1.82) is 0 Å².